The number of hydrogen-bond acceptors (Lipinski definition) is 7. The van der Waals surface area contributed by atoms with Crippen LogP contribution in [0.3, 0.4) is 0 Å². The van der Waals surface area contributed by atoms with Gasteiger partial charge in [-0.25, -0.2) is 0 Å². The highest BCUT2D eigenvalue weighted by Crippen LogP contribution is 2.47. The molecule has 154 valence electrons. The van der Waals surface area contributed by atoms with Crippen molar-refractivity contribution in [3.05, 3.63) is 28.2 Å². The van der Waals surface area contributed by atoms with Gasteiger partial charge in [-0.2, -0.15) is 0 Å². The summed E-state index contributed by atoms with van der Waals surface area (Å²) in [5.74, 6) is -4.55. The third kappa shape index (κ3) is 4.38. The molecular weight excluding hydrogens is 432 g/mol. The summed E-state index contributed by atoms with van der Waals surface area (Å²) in [7, 11) is 1.51. The summed E-state index contributed by atoms with van der Waals surface area (Å²) in [5.41, 5.74) is -1.14. The normalized spacial score (nSPS) is 27.2. The molecule has 0 heterocycles. The lowest BCUT2D eigenvalue weighted by Gasteiger charge is -2.43. The largest absolute Gasteiger partial charge is 0.496 e. The molecule has 1 aromatic carbocycles. The Morgan fingerprint density at radius 1 is 1.21 bits per heavy atom. The summed E-state index contributed by atoms with van der Waals surface area (Å²) >= 11 is 3.39. The Bertz CT molecular complexity index is 759. The van der Waals surface area contributed by atoms with Gasteiger partial charge in [0.2, 0.25) is 0 Å². The Labute approximate surface area is 172 Å². The second kappa shape index (κ2) is 9.05. The maximum atomic E-state index is 12.8. The first-order valence-corrected chi connectivity index (χ1v) is 9.89. The van der Waals surface area contributed by atoms with Crippen molar-refractivity contribution in [3.63, 3.8) is 0 Å². The van der Waals surface area contributed by atoms with E-state index in [0.717, 1.165) is 0 Å². The molecule has 1 aromatic rings. The molecule has 1 fully saturated rings. The number of hydrogen-bond donors (Lipinski definition) is 1. The van der Waals surface area contributed by atoms with E-state index in [1.807, 2.05) is 0 Å². The zero-order chi connectivity index (χ0) is 21.1. The molecule has 7 nitrogen and oxygen atoms in total. The average molecular weight is 457 g/mol. The quantitative estimate of drug-likeness (QED) is 0.518. The van der Waals surface area contributed by atoms with Crippen molar-refractivity contribution in [1.82, 2.24) is 0 Å². The van der Waals surface area contributed by atoms with Crippen LogP contribution in [0.5, 0.6) is 5.75 Å². The molecule has 0 aromatic heterocycles. The van der Waals surface area contributed by atoms with Gasteiger partial charge in [-0.05, 0) is 54.4 Å². The Hall–Kier alpha value is -1.93. The Balaban J connectivity index is 2.65. The van der Waals surface area contributed by atoms with E-state index in [1.54, 1.807) is 32.0 Å². The molecule has 0 radical (unpaired) electrons. The van der Waals surface area contributed by atoms with Gasteiger partial charge >= 0.3 is 11.9 Å². The van der Waals surface area contributed by atoms with Gasteiger partial charge in [0.05, 0.1) is 36.3 Å². The molecule has 0 amide bonds. The Morgan fingerprint density at radius 2 is 1.82 bits per heavy atom. The van der Waals surface area contributed by atoms with Gasteiger partial charge in [0.25, 0.3) is 0 Å². The Kier molecular flexibility index (Phi) is 7.22. The highest BCUT2D eigenvalue weighted by atomic mass is 79.9. The number of benzene rings is 1. The molecule has 0 spiro atoms. The van der Waals surface area contributed by atoms with Gasteiger partial charge < -0.3 is 19.3 Å². The fourth-order valence-electron chi connectivity index (χ4n) is 3.77. The second-order valence-corrected chi connectivity index (χ2v) is 7.73. The summed E-state index contributed by atoms with van der Waals surface area (Å²) in [6.45, 7) is 4.93. The molecule has 4 unspecified atom stereocenters. The molecule has 28 heavy (non-hydrogen) atoms. The van der Waals surface area contributed by atoms with Crippen molar-refractivity contribution in [2.75, 3.05) is 20.3 Å². The first kappa shape index (κ1) is 22.4. The fourth-order valence-corrected chi connectivity index (χ4v) is 4.33. The molecule has 8 heteroatoms. The van der Waals surface area contributed by atoms with Crippen molar-refractivity contribution in [1.29, 1.82) is 0 Å². The van der Waals surface area contributed by atoms with Crippen molar-refractivity contribution >= 4 is 33.7 Å². The number of Topliss-reactive ketones (excluding diaryl/α,β-unsaturated/α-hetero) is 1. The van der Waals surface area contributed by atoms with E-state index in [2.05, 4.69) is 15.9 Å². The molecule has 1 aliphatic rings. The maximum absolute atomic E-state index is 12.8. The molecule has 1 N–H and O–H groups in total. The standard InChI is InChI=1S/C20H25BrO7/c1-5-27-18(23)16-13(22)10-20(3,25)17(19(24)28-6-2)15(16)11-7-8-14(26-4)12(21)9-11/h7-9,15-17,25H,5-6,10H2,1-4H3. The zero-order valence-corrected chi connectivity index (χ0v) is 17.9. The number of halogens is 1. The van der Waals surface area contributed by atoms with Crippen LogP contribution in [-0.4, -0.2) is 48.8 Å². The number of carbonyl (C=O) groups is 3. The highest BCUT2D eigenvalue weighted by molar-refractivity contribution is 9.10. The smallest absolute Gasteiger partial charge is 0.317 e. The van der Waals surface area contributed by atoms with Crippen LogP contribution in [-0.2, 0) is 23.9 Å². The van der Waals surface area contributed by atoms with Crippen LogP contribution in [0.2, 0.25) is 0 Å². The van der Waals surface area contributed by atoms with Gasteiger partial charge in [-0.15, -0.1) is 0 Å². The second-order valence-electron chi connectivity index (χ2n) is 6.88. The third-order valence-corrected chi connectivity index (χ3v) is 5.53. The predicted octanol–water partition coefficient (Wildman–Crippen LogP) is 2.62. The summed E-state index contributed by atoms with van der Waals surface area (Å²) in [4.78, 5) is 38.2. The number of ketones is 1. The van der Waals surface area contributed by atoms with Crippen LogP contribution in [0.15, 0.2) is 22.7 Å². The highest BCUT2D eigenvalue weighted by Gasteiger charge is 2.57. The Morgan fingerprint density at radius 3 is 2.36 bits per heavy atom. The van der Waals surface area contributed by atoms with E-state index in [4.69, 9.17) is 14.2 Å². The van der Waals surface area contributed by atoms with Gasteiger partial charge in [0, 0.05) is 12.3 Å². The molecule has 1 aliphatic carbocycles. The number of carbonyl (C=O) groups excluding carboxylic acids is 3. The fraction of sp³-hybridized carbons (Fsp3) is 0.550. The van der Waals surface area contributed by atoms with E-state index in [1.165, 1.54) is 14.0 Å². The topological polar surface area (TPSA) is 99.1 Å². The molecular formula is C20H25BrO7. The van der Waals surface area contributed by atoms with Gasteiger partial charge in [0.1, 0.15) is 11.7 Å². The first-order chi connectivity index (χ1) is 13.2. The van der Waals surface area contributed by atoms with Crippen LogP contribution < -0.4 is 4.74 Å². The predicted molar refractivity (Wildman–Crippen MR) is 104 cm³/mol. The van der Waals surface area contributed by atoms with Crippen molar-refractivity contribution in [2.24, 2.45) is 11.8 Å². The summed E-state index contributed by atoms with van der Waals surface area (Å²) in [6, 6.07) is 5.01. The number of rotatable bonds is 6. The molecule has 0 aliphatic heterocycles. The minimum absolute atomic E-state index is 0.0993. The number of methoxy groups -OCH3 is 1. The van der Waals surface area contributed by atoms with E-state index < -0.39 is 41.1 Å². The van der Waals surface area contributed by atoms with Crippen molar-refractivity contribution in [2.45, 2.75) is 38.7 Å². The van der Waals surface area contributed by atoms with Gasteiger partial charge in [-0.1, -0.05) is 6.07 Å². The van der Waals surface area contributed by atoms with Crippen LogP contribution in [0.4, 0.5) is 0 Å². The molecule has 0 bridgehead atoms. The zero-order valence-electron chi connectivity index (χ0n) is 16.4. The minimum Gasteiger partial charge on any atom is -0.496 e. The van der Waals surface area contributed by atoms with Crippen LogP contribution in [0, 0.1) is 11.8 Å². The van der Waals surface area contributed by atoms with E-state index in [-0.39, 0.29) is 19.6 Å². The van der Waals surface area contributed by atoms with Crippen LogP contribution in [0.1, 0.15) is 38.7 Å². The SMILES string of the molecule is CCOC(=O)C1C(=O)CC(C)(O)C(C(=O)OCC)C1c1ccc(OC)c(Br)c1. The number of esters is 2. The lowest BCUT2D eigenvalue weighted by molar-refractivity contribution is -0.172. The monoisotopic (exact) mass is 456 g/mol. The summed E-state index contributed by atoms with van der Waals surface area (Å²) < 4.78 is 16.1. The maximum Gasteiger partial charge on any atom is 0.317 e. The van der Waals surface area contributed by atoms with Gasteiger partial charge in [0.15, 0.2) is 5.78 Å². The number of aliphatic hydroxyl groups is 1. The van der Waals surface area contributed by atoms with Gasteiger partial charge in [-0.3, -0.25) is 14.4 Å². The van der Waals surface area contributed by atoms with E-state index in [0.29, 0.717) is 15.8 Å². The van der Waals surface area contributed by atoms with Crippen molar-refractivity contribution in [3.8, 4) is 5.75 Å². The molecule has 1 saturated carbocycles. The summed E-state index contributed by atoms with van der Waals surface area (Å²) in [6.07, 6.45) is -0.339. The van der Waals surface area contributed by atoms with Crippen molar-refractivity contribution < 1.29 is 33.7 Å². The minimum atomic E-state index is -1.66. The lowest BCUT2D eigenvalue weighted by Crippen LogP contribution is -2.55. The molecule has 0 saturated heterocycles. The lowest BCUT2D eigenvalue weighted by atomic mass is 9.61. The van der Waals surface area contributed by atoms with Crippen LogP contribution >= 0.6 is 15.9 Å². The third-order valence-electron chi connectivity index (χ3n) is 4.91. The first-order valence-electron chi connectivity index (χ1n) is 9.09. The molecule has 2 rings (SSSR count). The number of ether oxygens (including phenoxy) is 3. The van der Waals surface area contributed by atoms with E-state index in [9.17, 15) is 19.5 Å². The molecule has 4 atom stereocenters. The van der Waals surface area contributed by atoms with E-state index >= 15 is 0 Å². The van der Waals surface area contributed by atoms with Crippen LogP contribution in [0.25, 0.3) is 0 Å². The average Bonchev–Trinajstić information content (AvgIpc) is 2.60. The summed E-state index contributed by atoms with van der Waals surface area (Å²) in [5, 5.41) is 10.9.